The minimum atomic E-state index is -0.191. The number of Topliss-reactive ketones (excluding diaryl/α,β-unsaturated/α-hetero) is 1. The maximum Gasteiger partial charge on any atom is 0.240 e. The van der Waals surface area contributed by atoms with Crippen molar-refractivity contribution in [1.29, 1.82) is 5.26 Å². The molecule has 3 aromatic heterocycles. The topological polar surface area (TPSA) is 97.6 Å². The zero-order valence-corrected chi connectivity index (χ0v) is 17.0. The summed E-state index contributed by atoms with van der Waals surface area (Å²) in [6, 6.07) is 11.2. The average molecular weight is 418 g/mol. The molecule has 0 aliphatic carbocycles. The number of rotatable bonds is 5. The maximum absolute atomic E-state index is 12.5. The predicted molar refractivity (Wildman–Crippen MR) is 114 cm³/mol. The molecule has 0 radical (unpaired) electrons. The van der Waals surface area contributed by atoms with Crippen molar-refractivity contribution in [3.63, 3.8) is 0 Å². The van der Waals surface area contributed by atoms with Crippen LogP contribution in [0.1, 0.15) is 39.0 Å². The van der Waals surface area contributed by atoms with Gasteiger partial charge in [0.05, 0.1) is 34.1 Å². The summed E-state index contributed by atoms with van der Waals surface area (Å²) in [6.45, 7) is 3.58. The summed E-state index contributed by atoms with van der Waals surface area (Å²) in [5.74, 6) is 0.554. The van der Waals surface area contributed by atoms with Crippen LogP contribution in [-0.2, 0) is 0 Å². The van der Waals surface area contributed by atoms with Crippen LogP contribution in [0.15, 0.2) is 40.9 Å². The molecule has 8 heteroatoms. The second-order valence-electron chi connectivity index (χ2n) is 6.64. The predicted octanol–water partition coefficient (Wildman–Crippen LogP) is 4.49. The molecule has 0 unspecified atom stereocenters. The van der Waals surface area contributed by atoms with Crippen LogP contribution in [0.2, 0.25) is 0 Å². The van der Waals surface area contributed by atoms with E-state index in [4.69, 9.17) is 21.3 Å². The molecule has 4 rings (SSSR count). The molecule has 0 spiro atoms. The number of halogens is 1. The fraction of sp³-hybridized carbons (Fsp3) is 0.136. The lowest BCUT2D eigenvalue weighted by molar-refractivity contribution is 0.102. The van der Waals surface area contributed by atoms with Gasteiger partial charge in [0.15, 0.2) is 5.78 Å². The van der Waals surface area contributed by atoms with Crippen molar-refractivity contribution >= 4 is 40.6 Å². The van der Waals surface area contributed by atoms with Crippen LogP contribution in [-0.4, -0.2) is 31.4 Å². The number of benzene rings is 1. The zero-order valence-electron chi connectivity index (χ0n) is 16.3. The van der Waals surface area contributed by atoms with E-state index in [0.29, 0.717) is 28.4 Å². The highest BCUT2D eigenvalue weighted by Crippen LogP contribution is 2.29. The molecule has 30 heavy (non-hydrogen) atoms. The van der Waals surface area contributed by atoms with E-state index in [0.717, 1.165) is 22.5 Å². The molecule has 0 atom stereocenters. The molecule has 7 nitrogen and oxygen atoms in total. The number of aryl methyl sites for hydroxylation is 1. The van der Waals surface area contributed by atoms with Crippen LogP contribution in [0, 0.1) is 25.2 Å². The van der Waals surface area contributed by atoms with E-state index in [1.54, 1.807) is 31.3 Å². The van der Waals surface area contributed by atoms with E-state index in [9.17, 15) is 4.79 Å². The minimum absolute atomic E-state index is 0.132. The van der Waals surface area contributed by atoms with Crippen molar-refractivity contribution in [3.8, 4) is 11.8 Å². The normalized spacial score (nSPS) is 11.3. The van der Waals surface area contributed by atoms with E-state index in [1.165, 1.54) is 0 Å². The van der Waals surface area contributed by atoms with Gasteiger partial charge in [-0.05, 0) is 48.9 Å². The van der Waals surface area contributed by atoms with E-state index < -0.39 is 0 Å². The van der Waals surface area contributed by atoms with Gasteiger partial charge in [-0.15, -0.1) is 21.8 Å². The molecule has 3 heterocycles. The van der Waals surface area contributed by atoms with Crippen molar-refractivity contribution in [2.75, 3.05) is 5.88 Å². The molecule has 1 aromatic carbocycles. The molecule has 0 saturated carbocycles. The van der Waals surface area contributed by atoms with Gasteiger partial charge in [0.1, 0.15) is 0 Å². The summed E-state index contributed by atoms with van der Waals surface area (Å²) >= 11 is 5.85. The summed E-state index contributed by atoms with van der Waals surface area (Å²) in [6.07, 6.45) is 5.19. The number of hydrogen-bond donors (Lipinski definition) is 0. The summed E-state index contributed by atoms with van der Waals surface area (Å²) in [5, 5.41) is 16.8. The Labute approximate surface area is 177 Å². The Morgan fingerprint density at radius 2 is 2.00 bits per heavy atom. The number of carbonyl (C=O) groups excluding carboxylic acids is 1. The van der Waals surface area contributed by atoms with Crippen LogP contribution in [0.5, 0.6) is 0 Å². The molecule has 4 aromatic rings. The highest BCUT2D eigenvalue weighted by Gasteiger charge is 2.21. The number of ketones is 1. The third kappa shape index (κ3) is 3.49. The minimum Gasteiger partial charge on any atom is -0.422 e. The quantitative estimate of drug-likeness (QED) is 0.350. The lowest BCUT2D eigenvalue weighted by atomic mass is 10.1. The third-order valence-electron chi connectivity index (χ3n) is 4.68. The highest BCUT2D eigenvalue weighted by molar-refractivity contribution is 6.32. The van der Waals surface area contributed by atoms with Gasteiger partial charge in [-0.1, -0.05) is 0 Å². The largest absolute Gasteiger partial charge is 0.422 e. The number of fused-ring (bicyclic) bond motifs is 1. The molecule has 148 valence electrons. The van der Waals surface area contributed by atoms with Gasteiger partial charge in [-0.2, -0.15) is 5.26 Å². The first-order valence-electron chi connectivity index (χ1n) is 9.10. The van der Waals surface area contributed by atoms with Crippen LogP contribution in [0.25, 0.3) is 28.9 Å². The fourth-order valence-corrected chi connectivity index (χ4v) is 3.49. The molecule has 0 amide bonds. The average Bonchev–Trinajstić information content (AvgIpc) is 3.31. The van der Waals surface area contributed by atoms with Crippen molar-refractivity contribution in [3.05, 3.63) is 70.7 Å². The Kier molecular flexibility index (Phi) is 5.17. The second-order valence-corrected chi connectivity index (χ2v) is 6.91. The maximum atomic E-state index is 12.5. The summed E-state index contributed by atoms with van der Waals surface area (Å²) in [5.41, 5.74) is 4.74. The van der Waals surface area contributed by atoms with Crippen LogP contribution < -0.4 is 0 Å². The first kappa shape index (κ1) is 19.6. The molecular weight excluding hydrogens is 402 g/mol. The monoisotopic (exact) mass is 417 g/mol. The fourth-order valence-electron chi connectivity index (χ4n) is 3.35. The van der Waals surface area contributed by atoms with Gasteiger partial charge < -0.3 is 8.98 Å². The van der Waals surface area contributed by atoms with Crippen LogP contribution in [0.3, 0.4) is 0 Å². The SMILES string of the molecule is Cc1nnc(/C=C/c2cnc3c(C(=O)CCl)c(C)n(-c4ccc(C#N)cc4)c3c2)o1. The molecule has 0 N–H and O–H groups in total. The Bertz CT molecular complexity index is 1330. The molecule has 0 aliphatic heterocycles. The molecule has 0 bridgehead atoms. The third-order valence-corrected chi connectivity index (χ3v) is 4.92. The number of aromatic nitrogens is 4. The molecular formula is C22H16ClN5O2. The van der Waals surface area contributed by atoms with Crippen molar-refractivity contribution in [2.45, 2.75) is 13.8 Å². The van der Waals surface area contributed by atoms with Crippen molar-refractivity contribution < 1.29 is 9.21 Å². The van der Waals surface area contributed by atoms with Gasteiger partial charge in [0.25, 0.3) is 0 Å². The molecule has 0 saturated heterocycles. The van der Waals surface area contributed by atoms with Gasteiger partial charge >= 0.3 is 0 Å². The van der Waals surface area contributed by atoms with Crippen LogP contribution >= 0.6 is 11.6 Å². The van der Waals surface area contributed by atoms with Crippen LogP contribution in [0.4, 0.5) is 0 Å². The van der Waals surface area contributed by atoms with Crippen molar-refractivity contribution in [1.82, 2.24) is 19.7 Å². The Balaban J connectivity index is 1.89. The number of nitriles is 1. The molecule has 0 fully saturated rings. The lowest BCUT2D eigenvalue weighted by Crippen LogP contribution is -2.04. The first-order chi connectivity index (χ1) is 14.5. The number of carbonyl (C=O) groups is 1. The van der Waals surface area contributed by atoms with Crippen molar-refractivity contribution in [2.24, 2.45) is 0 Å². The number of pyridine rings is 1. The Morgan fingerprint density at radius 3 is 2.63 bits per heavy atom. The number of alkyl halides is 1. The standard InChI is InChI=1S/C22H16ClN5O2/c1-13-21(19(29)10-23)22-18(28(13)17-6-3-15(11-24)4-7-17)9-16(12-25-22)5-8-20-27-26-14(2)30-20/h3-9,12H,10H2,1-2H3/b8-5+. The summed E-state index contributed by atoms with van der Waals surface area (Å²) in [4.78, 5) is 17.1. The number of nitrogens with zero attached hydrogens (tertiary/aromatic N) is 5. The van der Waals surface area contributed by atoms with E-state index >= 15 is 0 Å². The number of hydrogen-bond acceptors (Lipinski definition) is 6. The lowest BCUT2D eigenvalue weighted by Gasteiger charge is -2.09. The van der Waals surface area contributed by atoms with E-state index in [2.05, 4.69) is 21.3 Å². The van der Waals surface area contributed by atoms with E-state index in [1.807, 2.05) is 35.8 Å². The Hall–Kier alpha value is -3.76. The van der Waals surface area contributed by atoms with Gasteiger partial charge in [0, 0.05) is 30.6 Å². The van der Waals surface area contributed by atoms with Gasteiger partial charge in [-0.3, -0.25) is 9.78 Å². The zero-order chi connectivity index (χ0) is 21.3. The second kappa shape index (κ2) is 7.93. The Morgan fingerprint density at radius 1 is 1.23 bits per heavy atom. The first-order valence-corrected chi connectivity index (χ1v) is 9.64. The summed E-state index contributed by atoms with van der Waals surface area (Å²) < 4.78 is 7.30. The molecule has 0 aliphatic rings. The smallest absolute Gasteiger partial charge is 0.240 e. The van der Waals surface area contributed by atoms with E-state index in [-0.39, 0.29) is 11.7 Å². The summed E-state index contributed by atoms with van der Waals surface area (Å²) in [7, 11) is 0. The highest BCUT2D eigenvalue weighted by atomic mass is 35.5. The van der Waals surface area contributed by atoms with Gasteiger partial charge in [-0.25, -0.2) is 0 Å². The van der Waals surface area contributed by atoms with Gasteiger partial charge in [0.2, 0.25) is 11.8 Å².